The molecule has 17 heavy (non-hydrogen) atoms. The average Bonchev–Trinajstić information content (AvgIpc) is 2.30. The molecule has 0 aliphatic heterocycles. The number of nitro groups is 1. The number of non-ortho nitro benzene ring substituents is 1. The van der Waals surface area contributed by atoms with Crippen molar-refractivity contribution in [2.24, 2.45) is 0 Å². The van der Waals surface area contributed by atoms with Gasteiger partial charge in [-0.05, 0) is 0 Å². The maximum atomic E-state index is 10.7. The molecule has 1 rings (SSSR count). The molecule has 0 heterocycles. The Hall–Kier alpha value is -1.02. The van der Waals surface area contributed by atoms with E-state index in [0.717, 1.165) is 18.8 Å². The predicted molar refractivity (Wildman–Crippen MR) is 72.1 cm³/mol. The van der Waals surface area contributed by atoms with Crippen molar-refractivity contribution < 1.29 is 4.92 Å². The van der Waals surface area contributed by atoms with E-state index in [1.54, 1.807) is 12.1 Å². The van der Waals surface area contributed by atoms with E-state index in [4.69, 9.17) is 0 Å². The number of anilines is 1. The molecular formula is C12H18AsN2O2. The Morgan fingerprint density at radius 1 is 1.53 bits per heavy atom. The Bertz CT molecular complexity index is 383. The van der Waals surface area contributed by atoms with Gasteiger partial charge in [0.2, 0.25) is 0 Å². The molecule has 1 aromatic rings. The zero-order chi connectivity index (χ0) is 12.8. The fourth-order valence-corrected chi connectivity index (χ4v) is 2.88. The summed E-state index contributed by atoms with van der Waals surface area (Å²) in [5.74, 6) is 0. The summed E-state index contributed by atoms with van der Waals surface area (Å²) in [7, 11) is 0. The first-order valence-corrected chi connectivity index (χ1v) is 10.7. The van der Waals surface area contributed by atoms with Crippen LogP contribution in [0.5, 0.6) is 0 Å². The van der Waals surface area contributed by atoms with Gasteiger partial charge in [0, 0.05) is 0 Å². The molecular weight excluding hydrogens is 279 g/mol. The van der Waals surface area contributed by atoms with Gasteiger partial charge in [-0.1, -0.05) is 0 Å². The molecule has 0 saturated heterocycles. The van der Waals surface area contributed by atoms with Crippen LogP contribution in [-0.2, 0) is 0 Å². The third kappa shape index (κ3) is 4.39. The zero-order valence-electron chi connectivity index (χ0n) is 10.5. The molecule has 0 atom stereocenters. The van der Waals surface area contributed by atoms with Crippen LogP contribution in [0.1, 0.15) is 6.92 Å². The van der Waals surface area contributed by atoms with E-state index >= 15 is 0 Å². The normalized spacial score (nSPS) is 10.6. The summed E-state index contributed by atoms with van der Waals surface area (Å²) >= 11 is -0.640. The number of hydrogen-bond donors (Lipinski definition) is 0. The van der Waals surface area contributed by atoms with Crippen molar-refractivity contribution in [3.63, 3.8) is 0 Å². The van der Waals surface area contributed by atoms with Gasteiger partial charge < -0.3 is 0 Å². The van der Waals surface area contributed by atoms with E-state index in [1.807, 2.05) is 6.07 Å². The Morgan fingerprint density at radius 3 is 2.76 bits per heavy atom. The molecule has 0 bridgehead atoms. The second kappa shape index (κ2) is 6.65. The van der Waals surface area contributed by atoms with Crippen LogP contribution < -0.4 is 4.90 Å². The van der Waals surface area contributed by atoms with Crippen molar-refractivity contribution in [2.75, 3.05) is 18.0 Å². The Morgan fingerprint density at radius 2 is 2.24 bits per heavy atom. The number of hydrogen-bond acceptors (Lipinski definition) is 3. The minimum absolute atomic E-state index is 0.0448. The van der Waals surface area contributed by atoms with Crippen LogP contribution in [0.4, 0.5) is 11.4 Å². The van der Waals surface area contributed by atoms with E-state index in [9.17, 15) is 10.1 Å². The van der Waals surface area contributed by atoms with Crippen LogP contribution in [-0.4, -0.2) is 32.7 Å². The SMILES string of the molecule is CCN(CC[As](C)C)c1cc[c]c([N+](=O)[O-])c1. The predicted octanol–water partition coefficient (Wildman–Crippen LogP) is 2.98. The molecule has 0 saturated carbocycles. The van der Waals surface area contributed by atoms with Gasteiger partial charge in [0.25, 0.3) is 0 Å². The Balaban J connectivity index is 2.80. The van der Waals surface area contributed by atoms with E-state index in [0.29, 0.717) is 0 Å². The van der Waals surface area contributed by atoms with Crippen molar-refractivity contribution in [1.29, 1.82) is 0 Å². The van der Waals surface area contributed by atoms with Crippen molar-refractivity contribution in [3.05, 3.63) is 34.4 Å². The molecule has 0 fully saturated rings. The Kier molecular flexibility index (Phi) is 5.49. The quantitative estimate of drug-likeness (QED) is 0.461. The summed E-state index contributed by atoms with van der Waals surface area (Å²) in [6.45, 7) is 3.94. The first kappa shape index (κ1) is 14.0. The van der Waals surface area contributed by atoms with Gasteiger partial charge >= 0.3 is 107 Å². The number of benzene rings is 1. The zero-order valence-corrected chi connectivity index (χ0v) is 12.4. The van der Waals surface area contributed by atoms with Gasteiger partial charge in [0.15, 0.2) is 0 Å². The molecule has 1 aromatic carbocycles. The van der Waals surface area contributed by atoms with Crippen molar-refractivity contribution in [1.82, 2.24) is 0 Å². The summed E-state index contributed by atoms with van der Waals surface area (Å²) in [6, 6.07) is 7.76. The van der Waals surface area contributed by atoms with Crippen LogP contribution in [0.2, 0.25) is 16.6 Å². The summed E-state index contributed by atoms with van der Waals surface area (Å²) in [5, 5.41) is 11.9. The third-order valence-electron chi connectivity index (χ3n) is 2.53. The first-order chi connectivity index (χ1) is 8.04. The summed E-state index contributed by atoms with van der Waals surface area (Å²) in [6.07, 6.45) is 0. The van der Waals surface area contributed by atoms with Crippen LogP contribution in [0.25, 0.3) is 0 Å². The molecule has 0 amide bonds. The number of rotatable bonds is 6. The molecule has 0 N–H and O–H groups in total. The number of nitrogens with zero attached hydrogens (tertiary/aromatic N) is 2. The van der Waals surface area contributed by atoms with Crippen molar-refractivity contribution in [3.8, 4) is 0 Å². The van der Waals surface area contributed by atoms with Crippen LogP contribution in [0, 0.1) is 16.2 Å². The second-order valence-corrected chi connectivity index (χ2v) is 9.54. The van der Waals surface area contributed by atoms with Crippen LogP contribution >= 0.6 is 0 Å². The molecule has 93 valence electrons. The molecule has 0 aromatic heterocycles. The second-order valence-electron chi connectivity index (χ2n) is 4.07. The summed E-state index contributed by atoms with van der Waals surface area (Å²) in [5.41, 5.74) is 5.61. The summed E-state index contributed by atoms with van der Waals surface area (Å²) < 4.78 is 0. The van der Waals surface area contributed by atoms with Gasteiger partial charge in [-0.25, -0.2) is 0 Å². The fraction of sp³-hybridized carbons (Fsp3) is 0.500. The van der Waals surface area contributed by atoms with E-state index in [-0.39, 0.29) is 5.69 Å². The van der Waals surface area contributed by atoms with Gasteiger partial charge in [-0.2, -0.15) is 0 Å². The van der Waals surface area contributed by atoms with Crippen molar-refractivity contribution in [2.45, 2.75) is 23.6 Å². The molecule has 5 heteroatoms. The number of nitro benzene ring substituents is 1. The van der Waals surface area contributed by atoms with Gasteiger partial charge in [-0.3, -0.25) is 0 Å². The minimum atomic E-state index is -0.640. The van der Waals surface area contributed by atoms with Crippen LogP contribution in [0.3, 0.4) is 0 Å². The van der Waals surface area contributed by atoms with Gasteiger partial charge in [0.05, 0.1) is 0 Å². The Labute approximate surface area is 107 Å². The van der Waals surface area contributed by atoms with E-state index < -0.39 is 19.6 Å². The monoisotopic (exact) mass is 297 g/mol. The van der Waals surface area contributed by atoms with Gasteiger partial charge in [0.1, 0.15) is 0 Å². The standard InChI is InChI=1S/C12H18AsN2O2/c1-4-14(9-8-13(2)3)11-6-5-7-12(10-11)15(16)17/h5-6,10H,4,8-9H2,1-3H3. The molecule has 0 aliphatic rings. The topological polar surface area (TPSA) is 46.4 Å². The third-order valence-corrected chi connectivity index (χ3v) is 4.83. The summed E-state index contributed by atoms with van der Waals surface area (Å²) in [4.78, 5) is 12.5. The van der Waals surface area contributed by atoms with Crippen molar-refractivity contribution >= 4 is 26.0 Å². The van der Waals surface area contributed by atoms with Gasteiger partial charge in [-0.15, -0.1) is 0 Å². The average molecular weight is 297 g/mol. The van der Waals surface area contributed by atoms with E-state index in [1.165, 1.54) is 5.21 Å². The molecule has 0 spiro atoms. The fourth-order valence-electron chi connectivity index (χ4n) is 1.53. The molecule has 0 aliphatic carbocycles. The molecule has 0 unspecified atom stereocenters. The van der Waals surface area contributed by atoms with Crippen LogP contribution in [0.15, 0.2) is 18.2 Å². The molecule has 4 nitrogen and oxygen atoms in total. The van der Waals surface area contributed by atoms with E-state index in [2.05, 4.69) is 29.3 Å². The first-order valence-electron chi connectivity index (χ1n) is 5.60. The molecule has 1 radical (unpaired) electrons. The maximum absolute atomic E-state index is 10.7.